The monoisotopic (exact) mass is 322 g/mol. The van der Waals surface area contributed by atoms with Gasteiger partial charge in [-0.25, -0.2) is 0 Å². The average Bonchev–Trinajstić information content (AvgIpc) is 2.49. The van der Waals surface area contributed by atoms with Crippen LogP contribution in [0.2, 0.25) is 5.15 Å². The van der Waals surface area contributed by atoms with Crippen LogP contribution < -0.4 is 4.90 Å². The Morgan fingerprint density at radius 1 is 1.14 bits per heavy atom. The van der Waals surface area contributed by atoms with Crippen molar-refractivity contribution in [1.29, 1.82) is 0 Å². The second-order valence-electron chi connectivity index (χ2n) is 6.70. The van der Waals surface area contributed by atoms with Gasteiger partial charge < -0.3 is 9.64 Å². The smallest absolute Gasteiger partial charge is 0.155 e. The molecule has 3 aliphatic rings. The molecule has 0 radical (unpaired) electrons. The summed E-state index contributed by atoms with van der Waals surface area (Å²) in [5, 5.41) is 9.15. The van der Waals surface area contributed by atoms with Crippen molar-refractivity contribution in [3.05, 3.63) is 16.3 Å². The van der Waals surface area contributed by atoms with Crippen LogP contribution in [-0.2, 0) is 11.2 Å². The first-order valence-corrected chi connectivity index (χ1v) is 8.72. The number of likely N-dealkylation sites (tertiary alicyclic amines) is 1. The van der Waals surface area contributed by atoms with Crippen molar-refractivity contribution in [2.75, 3.05) is 37.7 Å². The van der Waals surface area contributed by atoms with Crippen LogP contribution >= 0.6 is 11.6 Å². The van der Waals surface area contributed by atoms with E-state index in [0.29, 0.717) is 17.2 Å². The van der Waals surface area contributed by atoms with Crippen molar-refractivity contribution in [3.8, 4) is 0 Å². The fraction of sp³-hybridized carbons (Fsp3) is 0.750. The number of hydrogen-bond acceptors (Lipinski definition) is 5. The van der Waals surface area contributed by atoms with Gasteiger partial charge in [0.15, 0.2) is 11.0 Å². The maximum absolute atomic E-state index is 6.16. The Bertz CT molecular complexity index is 563. The van der Waals surface area contributed by atoms with Gasteiger partial charge in [-0.05, 0) is 44.7 Å². The molecule has 0 bridgehead atoms. The molecule has 1 atom stereocenters. The standard InChI is InChI=1S/C16H23ClN4O/c1-11-14-5-3-7-21(16(14)19-18-15(11)17)12-4-2-6-20(8-12)13-9-22-10-13/h12-13H,2-10H2,1H3/t12-/m1/s1. The summed E-state index contributed by atoms with van der Waals surface area (Å²) >= 11 is 6.16. The number of ether oxygens (including phenoxy) is 1. The van der Waals surface area contributed by atoms with Crippen LogP contribution in [0.5, 0.6) is 0 Å². The van der Waals surface area contributed by atoms with Crippen LogP contribution in [0, 0.1) is 6.92 Å². The number of aromatic nitrogens is 2. The first-order chi connectivity index (χ1) is 10.7. The third-order valence-corrected chi connectivity index (χ3v) is 5.73. The van der Waals surface area contributed by atoms with Crippen LogP contribution in [0.3, 0.4) is 0 Å². The lowest BCUT2D eigenvalue weighted by molar-refractivity contribution is -0.0721. The van der Waals surface area contributed by atoms with Crippen molar-refractivity contribution in [3.63, 3.8) is 0 Å². The van der Waals surface area contributed by atoms with E-state index < -0.39 is 0 Å². The minimum absolute atomic E-state index is 0.545. The fourth-order valence-electron chi connectivity index (χ4n) is 3.94. The molecule has 0 N–H and O–H groups in total. The van der Waals surface area contributed by atoms with Gasteiger partial charge in [0, 0.05) is 24.7 Å². The Labute approximate surface area is 136 Å². The first kappa shape index (κ1) is 14.7. The van der Waals surface area contributed by atoms with Gasteiger partial charge in [0.05, 0.1) is 19.3 Å². The molecular weight excluding hydrogens is 300 g/mol. The molecule has 1 aromatic rings. The van der Waals surface area contributed by atoms with E-state index in [9.17, 15) is 0 Å². The number of hydrogen-bond donors (Lipinski definition) is 0. The van der Waals surface area contributed by atoms with Gasteiger partial charge in [-0.2, -0.15) is 0 Å². The van der Waals surface area contributed by atoms with Gasteiger partial charge in [-0.1, -0.05) is 11.6 Å². The highest BCUT2D eigenvalue weighted by Crippen LogP contribution is 2.33. The normalized spacial score (nSPS) is 26.6. The molecule has 2 saturated heterocycles. The van der Waals surface area contributed by atoms with Crippen molar-refractivity contribution in [2.45, 2.75) is 44.7 Å². The van der Waals surface area contributed by atoms with Crippen LogP contribution in [0.15, 0.2) is 0 Å². The molecule has 0 aliphatic carbocycles. The molecule has 120 valence electrons. The number of piperidine rings is 1. The molecule has 0 spiro atoms. The van der Waals surface area contributed by atoms with Gasteiger partial charge in [-0.3, -0.25) is 4.90 Å². The molecule has 0 unspecified atom stereocenters. The Hall–Kier alpha value is -0.910. The topological polar surface area (TPSA) is 41.5 Å². The van der Waals surface area contributed by atoms with E-state index >= 15 is 0 Å². The van der Waals surface area contributed by atoms with Crippen molar-refractivity contribution < 1.29 is 4.74 Å². The highest BCUT2D eigenvalue weighted by Gasteiger charge is 2.35. The molecule has 5 nitrogen and oxygen atoms in total. The summed E-state index contributed by atoms with van der Waals surface area (Å²) < 4.78 is 5.36. The lowest BCUT2D eigenvalue weighted by Gasteiger charge is -2.46. The van der Waals surface area contributed by atoms with E-state index in [0.717, 1.165) is 44.1 Å². The van der Waals surface area contributed by atoms with E-state index in [1.165, 1.54) is 31.4 Å². The third kappa shape index (κ3) is 2.49. The van der Waals surface area contributed by atoms with Gasteiger partial charge in [0.2, 0.25) is 0 Å². The van der Waals surface area contributed by atoms with E-state index in [4.69, 9.17) is 16.3 Å². The predicted molar refractivity (Wildman–Crippen MR) is 86.6 cm³/mol. The van der Waals surface area contributed by atoms with Crippen LogP contribution in [-0.4, -0.2) is 60.0 Å². The van der Waals surface area contributed by atoms with Gasteiger partial charge in [0.25, 0.3) is 0 Å². The molecule has 0 saturated carbocycles. The van der Waals surface area contributed by atoms with E-state index in [-0.39, 0.29) is 0 Å². The zero-order chi connectivity index (χ0) is 15.1. The van der Waals surface area contributed by atoms with E-state index in [1.54, 1.807) is 0 Å². The fourth-order valence-corrected chi connectivity index (χ4v) is 4.09. The molecular formula is C16H23ClN4O. The summed E-state index contributed by atoms with van der Waals surface area (Å²) in [7, 11) is 0. The number of nitrogens with zero attached hydrogens (tertiary/aromatic N) is 4. The van der Waals surface area contributed by atoms with E-state index in [1.807, 2.05) is 0 Å². The maximum Gasteiger partial charge on any atom is 0.155 e. The van der Waals surface area contributed by atoms with E-state index in [2.05, 4.69) is 26.9 Å². The molecule has 6 heteroatoms. The number of anilines is 1. The summed E-state index contributed by atoms with van der Waals surface area (Å²) in [5.41, 5.74) is 2.41. The van der Waals surface area contributed by atoms with Crippen LogP contribution in [0.1, 0.15) is 30.4 Å². The van der Waals surface area contributed by atoms with Crippen LogP contribution in [0.4, 0.5) is 5.82 Å². The Morgan fingerprint density at radius 3 is 2.77 bits per heavy atom. The van der Waals surface area contributed by atoms with Crippen molar-refractivity contribution in [2.24, 2.45) is 0 Å². The summed E-state index contributed by atoms with van der Waals surface area (Å²) in [5.74, 6) is 1.07. The summed E-state index contributed by atoms with van der Waals surface area (Å²) in [4.78, 5) is 5.09. The molecule has 0 aromatic carbocycles. The molecule has 22 heavy (non-hydrogen) atoms. The molecule has 4 rings (SSSR count). The van der Waals surface area contributed by atoms with Crippen molar-refractivity contribution in [1.82, 2.24) is 15.1 Å². The second-order valence-corrected chi connectivity index (χ2v) is 7.06. The molecule has 1 aromatic heterocycles. The molecule has 4 heterocycles. The maximum atomic E-state index is 6.16. The summed E-state index contributed by atoms with van der Waals surface area (Å²) in [6.45, 7) is 7.28. The quantitative estimate of drug-likeness (QED) is 0.833. The SMILES string of the molecule is Cc1c(Cl)nnc2c1CCCN2[C@@H]1CCCN(C2COC2)C1. The average molecular weight is 323 g/mol. The van der Waals surface area contributed by atoms with Crippen molar-refractivity contribution >= 4 is 17.4 Å². The van der Waals surface area contributed by atoms with Gasteiger partial charge in [-0.15, -0.1) is 10.2 Å². The summed E-state index contributed by atoms with van der Waals surface area (Å²) in [6, 6.07) is 1.17. The van der Waals surface area contributed by atoms with Gasteiger partial charge >= 0.3 is 0 Å². The van der Waals surface area contributed by atoms with Crippen LogP contribution in [0.25, 0.3) is 0 Å². The molecule has 0 amide bonds. The first-order valence-electron chi connectivity index (χ1n) is 8.34. The highest BCUT2D eigenvalue weighted by atomic mass is 35.5. The Balaban J connectivity index is 1.57. The number of halogens is 1. The number of rotatable bonds is 2. The Kier molecular flexibility index (Phi) is 3.96. The third-order valence-electron chi connectivity index (χ3n) is 5.37. The minimum Gasteiger partial charge on any atom is -0.378 e. The lowest BCUT2D eigenvalue weighted by Crippen LogP contribution is -2.57. The summed E-state index contributed by atoms with van der Waals surface area (Å²) in [6.07, 6.45) is 4.75. The molecule has 3 aliphatic heterocycles. The largest absolute Gasteiger partial charge is 0.378 e. The predicted octanol–water partition coefficient (Wildman–Crippen LogP) is 2.05. The lowest BCUT2D eigenvalue weighted by atomic mass is 9.96. The van der Waals surface area contributed by atoms with Gasteiger partial charge in [0.1, 0.15) is 0 Å². The Morgan fingerprint density at radius 2 is 2.00 bits per heavy atom. The zero-order valence-corrected chi connectivity index (χ0v) is 13.8. The molecule has 2 fully saturated rings. The minimum atomic E-state index is 0.545. The zero-order valence-electron chi connectivity index (χ0n) is 13.1. The highest BCUT2D eigenvalue weighted by molar-refractivity contribution is 6.30. The number of fused-ring (bicyclic) bond motifs is 1. The second kappa shape index (κ2) is 5.95.